The first-order valence-corrected chi connectivity index (χ1v) is 5.41. The topological polar surface area (TPSA) is 37.3 Å². The van der Waals surface area contributed by atoms with Crippen molar-refractivity contribution in [2.45, 2.75) is 34.1 Å². The summed E-state index contributed by atoms with van der Waals surface area (Å²) in [5, 5.41) is 0. The monoisotopic (exact) mass is 206 g/mol. The number of imidazole rings is 1. The molecule has 0 aromatic carbocycles. The summed E-state index contributed by atoms with van der Waals surface area (Å²) in [5.41, 5.74) is 2.90. The van der Waals surface area contributed by atoms with Crippen molar-refractivity contribution in [3.63, 3.8) is 0 Å². The summed E-state index contributed by atoms with van der Waals surface area (Å²) in [4.78, 5) is 14.6. The molecule has 15 heavy (non-hydrogen) atoms. The van der Waals surface area contributed by atoms with Crippen LogP contribution in [-0.4, -0.2) is 9.38 Å². The molecule has 2 rings (SSSR count). The summed E-state index contributed by atoms with van der Waals surface area (Å²) in [5.74, 6) is 0. The lowest BCUT2D eigenvalue weighted by molar-refractivity contribution is 1.05. The Morgan fingerprint density at radius 3 is 2.60 bits per heavy atom. The zero-order valence-electron chi connectivity index (χ0n) is 9.79. The van der Waals surface area contributed by atoms with E-state index >= 15 is 0 Å². The molecule has 0 spiro atoms. The lowest BCUT2D eigenvalue weighted by Crippen LogP contribution is -2.07. The predicted molar refractivity (Wildman–Crippen MR) is 63.5 cm³/mol. The van der Waals surface area contributed by atoms with Crippen molar-refractivity contribution < 1.29 is 0 Å². The fraction of sp³-hybridized carbons (Fsp3) is 0.417. The average molecular weight is 206 g/mol. The Labute approximate surface area is 89.8 Å². The van der Waals surface area contributed by atoms with E-state index in [1.54, 1.807) is 6.07 Å². The number of aryl methyl sites for hydroxylation is 2. The number of H-pyrrole nitrogens is 1. The van der Waals surface area contributed by atoms with Gasteiger partial charge >= 0.3 is 0 Å². The minimum absolute atomic E-state index is 0.115. The molecule has 82 valence electrons. The standard InChI is InChI=1S/C10H12N2O.C2H6/c1-3-8-6-12-5-7(2)11-10(12)4-9(8)13;1-2/h4-6,11H,3H2,1-2H3;1-2H3. The Kier molecular flexibility index (Phi) is 3.72. The quantitative estimate of drug-likeness (QED) is 0.764. The Bertz CT molecular complexity index is 494. The predicted octanol–water partition coefficient (Wildman–Crippen LogP) is 2.52. The summed E-state index contributed by atoms with van der Waals surface area (Å²) >= 11 is 0. The molecular formula is C12H18N2O. The second-order valence-corrected chi connectivity index (χ2v) is 3.25. The van der Waals surface area contributed by atoms with E-state index in [0.29, 0.717) is 0 Å². The number of nitrogens with one attached hydrogen (secondary N) is 1. The number of hydrogen-bond donors (Lipinski definition) is 1. The van der Waals surface area contributed by atoms with Gasteiger partial charge in [-0.2, -0.15) is 0 Å². The van der Waals surface area contributed by atoms with Crippen LogP contribution >= 0.6 is 0 Å². The zero-order chi connectivity index (χ0) is 11.4. The van der Waals surface area contributed by atoms with Crippen LogP contribution in [0.4, 0.5) is 0 Å². The van der Waals surface area contributed by atoms with Crippen molar-refractivity contribution in [1.82, 2.24) is 9.38 Å². The SMILES string of the molecule is CC.CCc1cn2cc(C)[nH]c2cc1=O. The number of rotatable bonds is 1. The molecule has 2 aromatic heterocycles. The molecule has 0 radical (unpaired) electrons. The number of aromatic nitrogens is 2. The first kappa shape index (κ1) is 11.6. The Morgan fingerprint density at radius 1 is 1.33 bits per heavy atom. The van der Waals surface area contributed by atoms with Crippen LogP contribution in [0.15, 0.2) is 23.3 Å². The number of hydrogen-bond acceptors (Lipinski definition) is 1. The van der Waals surface area contributed by atoms with Crippen LogP contribution in [-0.2, 0) is 6.42 Å². The van der Waals surface area contributed by atoms with Gasteiger partial charge in [-0.1, -0.05) is 20.8 Å². The summed E-state index contributed by atoms with van der Waals surface area (Å²) in [6, 6.07) is 1.64. The molecule has 0 saturated heterocycles. The van der Waals surface area contributed by atoms with Crippen molar-refractivity contribution >= 4 is 5.65 Å². The van der Waals surface area contributed by atoms with Crippen molar-refractivity contribution in [1.29, 1.82) is 0 Å². The highest BCUT2D eigenvalue weighted by molar-refractivity contribution is 5.41. The van der Waals surface area contributed by atoms with Crippen molar-refractivity contribution in [2.75, 3.05) is 0 Å². The van der Waals surface area contributed by atoms with E-state index in [0.717, 1.165) is 23.3 Å². The van der Waals surface area contributed by atoms with E-state index in [2.05, 4.69) is 4.98 Å². The Hall–Kier alpha value is -1.51. The first-order chi connectivity index (χ1) is 7.20. The smallest absolute Gasteiger partial charge is 0.186 e. The molecule has 1 N–H and O–H groups in total. The second kappa shape index (κ2) is 4.82. The third-order valence-corrected chi connectivity index (χ3v) is 2.20. The van der Waals surface area contributed by atoms with Crippen LogP contribution < -0.4 is 5.43 Å². The Balaban J connectivity index is 0.000000531. The zero-order valence-corrected chi connectivity index (χ0v) is 9.79. The molecule has 3 nitrogen and oxygen atoms in total. The summed E-state index contributed by atoms with van der Waals surface area (Å²) in [6.07, 6.45) is 4.65. The highest BCUT2D eigenvalue weighted by Gasteiger charge is 2.00. The number of nitrogens with zero attached hydrogens (tertiary/aromatic N) is 1. The first-order valence-electron chi connectivity index (χ1n) is 5.41. The number of aromatic amines is 1. The highest BCUT2D eigenvalue weighted by Crippen LogP contribution is 2.03. The molecule has 0 aliphatic rings. The largest absolute Gasteiger partial charge is 0.344 e. The van der Waals surface area contributed by atoms with Gasteiger partial charge in [-0.05, 0) is 13.3 Å². The van der Waals surface area contributed by atoms with Crippen LogP contribution in [0.5, 0.6) is 0 Å². The lowest BCUT2D eigenvalue weighted by Gasteiger charge is -1.96. The van der Waals surface area contributed by atoms with Crippen molar-refractivity contribution in [3.8, 4) is 0 Å². The van der Waals surface area contributed by atoms with Gasteiger partial charge in [-0.3, -0.25) is 4.79 Å². The molecule has 0 saturated carbocycles. The molecule has 0 aliphatic heterocycles. The van der Waals surface area contributed by atoms with Gasteiger partial charge in [0.1, 0.15) is 5.65 Å². The maximum absolute atomic E-state index is 11.4. The van der Waals surface area contributed by atoms with Gasteiger partial charge in [0.05, 0.1) is 0 Å². The van der Waals surface area contributed by atoms with Gasteiger partial charge in [0.25, 0.3) is 0 Å². The van der Waals surface area contributed by atoms with Gasteiger partial charge in [-0.15, -0.1) is 0 Å². The molecule has 3 heteroatoms. The van der Waals surface area contributed by atoms with Gasteiger partial charge in [-0.25, -0.2) is 0 Å². The molecule has 0 atom stereocenters. The van der Waals surface area contributed by atoms with Crippen molar-refractivity contribution in [2.24, 2.45) is 0 Å². The fourth-order valence-electron chi connectivity index (χ4n) is 1.51. The van der Waals surface area contributed by atoms with E-state index in [9.17, 15) is 4.79 Å². The molecule has 0 amide bonds. The normalized spacial score (nSPS) is 9.87. The maximum atomic E-state index is 11.4. The molecule has 0 aliphatic carbocycles. The van der Waals surface area contributed by atoms with Gasteiger partial charge in [0, 0.05) is 29.7 Å². The van der Waals surface area contributed by atoms with E-state index in [-0.39, 0.29) is 5.43 Å². The highest BCUT2D eigenvalue weighted by atomic mass is 16.1. The molecule has 2 aromatic rings. The summed E-state index contributed by atoms with van der Waals surface area (Å²) < 4.78 is 1.95. The van der Waals surface area contributed by atoms with Gasteiger partial charge < -0.3 is 9.38 Å². The van der Waals surface area contributed by atoms with Gasteiger partial charge in [0.2, 0.25) is 0 Å². The summed E-state index contributed by atoms with van der Waals surface area (Å²) in [6.45, 7) is 7.96. The van der Waals surface area contributed by atoms with E-state index < -0.39 is 0 Å². The molecule has 0 unspecified atom stereocenters. The molecular weight excluding hydrogens is 188 g/mol. The average Bonchev–Trinajstić information content (AvgIpc) is 2.59. The fourth-order valence-corrected chi connectivity index (χ4v) is 1.51. The lowest BCUT2D eigenvalue weighted by atomic mass is 10.2. The third kappa shape index (κ3) is 2.29. The van der Waals surface area contributed by atoms with Crippen LogP contribution in [0.3, 0.4) is 0 Å². The number of pyridine rings is 1. The molecule has 0 fully saturated rings. The van der Waals surface area contributed by atoms with Crippen LogP contribution in [0, 0.1) is 6.92 Å². The van der Waals surface area contributed by atoms with Crippen LogP contribution in [0.25, 0.3) is 5.65 Å². The number of fused-ring (bicyclic) bond motifs is 1. The molecule has 2 heterocycles. The minimum atomic E-state index is 0.115. The van der Waals surface area contributed by atoms with E-state index in [1.807, 2.05) is 44.5 Å². The van der Waals surface area contributed by atoms with E-state index in [1.165, 1.54) is 0 Å². The van der Waals surface area contributed by atoms with Crippen LogP contribution in [0.2, 0.25) is 0 Å². The van der Waals surface area contributed by atoms with Crippen LogP contribution in [0.1, 0.15) is 32.0 Å². The third-order valence-electron chi connectivity index (χ3n) is 2.20. The summed E-state index contributed by atoms with van der Waals surface area (Å²) in [7, 11) is 0. The minimum Gasteiger partial charge on any atom is -0.344 e. The maximum Gasteiger partial charge on any atom is 0.186 e. The van der Waals surface area contributed by atoms with Gasteiger partial charge in [0.15, 0.2) is 5.43 Å². The Morgan fingerprint density at radius 2 is 2.00 bits per heavy atom. The second-order valence-electron chi connectivity index (χ2n) is 3.25. The van der Waals surface area contributed by atoms with Crippen molar-refractivity contribution in [3.05, 3.63) is 39.9 Å². The molecule has 0 bridgehead atoms. The van der Waals surface area contributed by atoms with E-state index in [4.69, 9.17) is 0 Å².